The number of methoxy groups -OCH3 is 2. The number of nitrogens with zero attached hydrogens (tertiary/aromatic N) is 2. The monoisotopic (exact) mass is 528 g/mol. The van der Waals surface area contributed by atoms with E-state index in [0.717, 1.165) is 10.9 Å². The molecule has 1 saturated heterocycles. The molecule has 5 atom stereocenters. The molecule has 15 heteroatoms. The van der Waals surface area contributed by atoms with Crippen LogP contribution in [0.1, 0.15) is 29.6 Å². The summed E-state index contributed by atoms with van der Waals surface area (Å²) in [5, 5.41) is 23.3. The van der Waals surface area contributed by atoms with E-state index in [4.69, 9.17) is 24.3 Å². The summed E-state index contributed by atoms with van der Waals surface area (Å²) < 4.78 is 41.5. The number of aliphatic hydroxyl groups is 1. The summed E-state index contributed by atoms with van der Waals surface area (Å²) in [4.78, 5) is 26.9. The number of nitrogens with two attached hydrogens (primary N) is 1. The van der Waals surface area contributed by atoms with Crippen molar-refractivity contribution < 1.29 is 47.6 Å². The average molecular weight is 528 g/mol. The van der Waals surface area contributed by atoms with Crippen molar-refractivity contribution in [2.45, 2.75) is 37.3 Å². The second-order valence-electron chi connectivity index (χ2n) is 7.90. The van der Waals surface area contributed by atoms with E-state index < -0.39 is 50.0 Å². The van der Waals surface area contributed by atoms with Crippen LogP contribution >= 0.6 is 7.75 Å². The first-order chi connectivity index (χ1) is 17.2. The molecule has 2 heterocycles. The maximum absolute atomic E-state index is 13.7. The summed E-state index contributed by atoms with van der Waals surface area (Å²) in [6.45, 7) is -0.288. The van der Waals surface area contributed by atoms with Crippen LogP contribution in [0.5, 0.6) is 11.6 Å². The van der Waals surface area contributed by atoms with Crippen LogP contribution in [-0.4, -0.2) is 77.3 Å². The lowest BCUT2D eigenvalue weighted by Crippen LogP contribution is -2.36. The molecule has 0 radical (unpaired) electrons. The summed E-state index contributed by atoms with van der Waals surface area (Å²) in [7, 11) is -1.46. The minimum atomic E-state index is -4.11. The number of aliphatic hydroxyl groups excluding tert-OH is 1. The molecule has 1 aliphatic heterocycles. The second kappa shape index (κ2) is 12.3. The van der Waals surface area contributed by atoms with E-state index in [0.29, 0.717) is 0 Å². The fraction of sp³-hybridized carbons (Fsp3) is 0.476. The number of aromatic hydroxyl groups is 1. The minimum absolute atomic E-state index is 0.00339. The summed E-state index contributed by atoms with van der Waals surface area (Å²) in [5.74, 6) is -1.81. The zero-order valence-corrected chi connectivity index (χ0v) is 20.6. The van der Waals surface area contributed by atoms with Crippen molar-refractivity contribution in [2.24, 2.45) is 5.73 Å². The van der Waals surface area contributed by atoms with Gasteiger partial charge in [-0.1, -0.05) is 18.2 Å². The number of nitrogens with one attached hydrogen (secondary N) is 1. The van der Waals surface area contributed by atoms with Gasteiger partial charge in [0.1, 0.15) is 18.2 Å². The van der Waals surface area contributed by atoms with E-state index in [1.54, 1.807) is 30.3 Å². The van der Waals surface area contributed by atoms with E-state index in [1.165, 1.54) is 14.2 Å². The van der Waals surface area contributed by atoms with E-state index in [-0.39, 0.29) is 37.5 Å². The number of primary amides is 1. The maximum atomic E-state index is 13.7. The van der Waals surface area contributed by atoms with Crippen molar-refractivity contribution in [3.63, 3.8) is 0 Å². The number of hydrogen-bond acceptors (Lipinski definition) is 11. The number of rotatable bonds is 13. The van der Waals surface area contributed by atoms with Crippen LogP contribution in [0.4, 0.5) is 0 Å². The van der Waals surface area contributed by atoms with E-state index in [2.05, 4.69) is 14.8 Å². The van der Waals surface area contributed by atoms with Gasteiger partial charge in [0.2, 0.25) is 5.88 Å². The largest absolute Gasteiger partial charge is 0.493 e. The predicted molar refractivity (Wildman–Crippen MR) is 123 cm³/mol. The topological polar surface area (TPSA) is 194 Å². The number of esters is 1. The number of benzene rings is 1. The fourth-order valence-electron chi connectivity index (χ4n) is 3.54. The Kier molecular flexibility index (Phi) is 9.43. The zero-order chi connectivity index (χ0) is 26.3. The van der Waals surface area contributed by atoms with Gasteiger partial charge in [-0.15, -0.1) is 0 Å². The number of para-hydroxylation sites is 1. The normalized spacial score (nSPS) is 22.0. The molecule has 1 amide bonds. The van der Waals surface area contributed by atoms with Gasteiger partial charge in [-0.05, 0) is 12.1 Å². The zero-order valence-electron chi connectivity index (χ0n) is 19.7. The molecule has 1 fully saturated rings. The molecular formula is C21H29N4O10P. The van der Waals surface area contributed by atoms with Gasteiger partial charge in [0, 0.05) is 13.5 Å². The minimum Gasteiger partial charge on any atom is -0.493 e. The highest BCUT2D eigenvalue weighted by molar-refractivity contribution is 7.52. The molecule has 2 aromatic rings. The van der Waals surface area contributed by atoms with Crippen molar-refractivity contribution in [3.05, 3.63) is 42.4 Å². The Morgan fingerprint density at radius 3 is 2.67 bits per heavy atom. The van der Waals surface area contributed by atoms with Crippen molar-refractivity contribution in [2.75, 3.05) is 27.4 Å². The van der Waals surface area contributed by atoms with Crippen LogP contribution in [0, 0.1) is 0 Å². The van der Waals surface area contributed by atoms with Gasteiger partial charge in [-0.2, -0.15) is 0 Å². The van der Waals surface area contributed by atoms with Crippen molar-refractivity contribution in [1.29, 1.82) is 0 Å². The Labute approximate surface area is 206 Å². The molecule has 1 aliphatic rings. The van der Waals surface area contributed by atoms with E-state index in [1.807, 2.05) is 0 Å². The number of carbonyl (C=O) groups is 2. The summed E-state index contributed by atoms with van der Waals surface area (Å²) >= 11 is 0. The van der Waals surface area contributed by atoms with E-state index in [9.17, 15) is 24.4 Å². The van der Waals surface area contributed by atoms with Crippen LogP contribution in [0.15, 0.2) is 36.7 Å². The molecule has 14 nitrogen and oxygen atoms in total. The van der Waals surface area contributed by atoms with Crippen molar-refractivity contribution in [1.82, 2.24) is 14.6 Å². The van der Waals surface area contributed by atoms with Gasteiger partial charge < -0.3 is 34.7 Å². The molecule has 1 unspecified atom stereocenters. The molecule has 0 spiro atoms. The average Bonchev–Trinajstić information content (AvgIpc) is 3.40. The Balaban J connectivity index is 1.72. The van der Waals surface area contributed by atoms with Gasteiger partial charge in [-0.3, -0.25) is 18.7 Å². The van der Waals surface area contributed by atoms with E-state index >= 15 is 0 Å². The van der Waals surface area contributed by atoms with Gasteiger partial charge in [0.15, 0.2) is 11.9 Å². The predicted octanol–water partition coefficient (Wildman–Crippen LogP) is 0.707. The molecule has 0 aliphatic carbocycles. The number of ether oxygens (including phenoxy) is 3. The van der Waals surface area contributed by atoms with Gasteiger partial charge >= 0.3 is 13.7 Å². The Morgan fingerprint density at radius 1 is 1.33 bits per heavy atom. The summed E-state index contributed by atoms with van der Waals surface area (Å²) in [6.07, 6.45) is -1.99. The van der Waals surface area contributed by atoms with Gasteiger partial charge in [-0.25, -0.2) is 14.6 Å². The SMILES string of the molecule is COC[C@H](CC(=O)OC)NP(=O)(OC[C@@H]1C[C@@H](O)[C@H](n2cnc(C(N)=O)c2O)O1)Oc1ccccc1. The number of hydrogen-bond donors (Lipinski definition) is 4. The van der Waals surface area contributed by atoms with Crippen LogP contribution in [0.2, 0.25) is 0 Å². The van der Waals surface area contributed by atoms with Crippen molar-refractivity contribution >= 4 is 19.6 Å². The third kappa shape index (κ3) is 7.03. The summed E-state index contributed by atoms with van der Waals surface area (Å²) in [5.41, 5.74) is 4.79. The number of carbonyl (C=O) groups excluding carboxylic acids is 2. The molecule has 36 heavy (non-hydrogen) atoms. The van der Waals surface area contributed by atoms with Crippen LogP contribution < -0.4 is 15.3 Å². The first kappa shape index (κ1) is 27.6. The lowest BCUT2D eigenvalue weighted by atomic mass is 10.2. The molecule has 1 aromatic carbocycles. The molecule has 1 aromatic heterocycles. The highest BCUT2D eigenvalue weighted by atomic mass is 31.2. The summed E-state index contributed by atoms with van der Waals surface area (Å²) in [6, 6.07) is 7.50. The quantitative estimate of drug-likeness (QED) is 0.210. The maximum Gasteiger partial charge on any atom is 0.459 e. The first-order valence-corrected chi connectivity index (χ1v) is 12.4. The third-order valence-corrected chi connectivity index (χ3v) is 6.81. The number of imidazole rings is 1. The lowest BCUT2D eigenvalue weighted by molar-refractivity contribution is -0.141. The molecule has 5 N–H and O–H groups in total. The van der Waals surface area contributed by atoms with Gasteiger partial charge in [0.05, 0.1) is 38.9 Å². The smallest absolute Gasteiger partial charge is 0.459 e. The molecule has 198 valence electrons. The molecule has 3 rings (SSSR count). The third-order valence-electron chi connectivity index (χ3n) is 5.19. The molecule has 0 saturated carbocycles. The number of aromatic nitrogens is 2. The van der Waals surface area contributed by atoms with Crippen LogP contribution in [-0.2, 0) is 28.1 Å². The highest BCUT2D eigenvalue weighted by Crippen LogP contribution is 2.46. The Bertz CT molecular complexity index is 1080. The Hall–Kier alpha value is -3.00. The highest BCUT2D eigenvalue weighted by Gasteiger charge is 2.40. The Morgan fingerprint density at radius 2 is 2.06 bits per heavy atom. The standard InChI is InChI=1S/C21H29N4O10P/c1-31-10-13(8-17(27)32-2)24-36(30,35-14-6-4-3-5-7-14)33-11-15-9-16(26)21(34-15)25-12-23-18(19(22)28)20(25)29/h3-7,12-13,15-16,21,26,29H,8-11H2,1-2H3,(H2,22,28)(H,24,30)/t13-,15-,16+,21+,36?/m0/s1. The second-order valence-corrected chi connectivity index (χ2v) is 9.59. The van der Waals surface area contributed by atoms with Crippen LogP contribution in [0.3, 0.4) is 0 Å². The first-order valence-electron chi connectivity index (χ1n) is 10.9. The molecule has 0 bridgehead atoms. The number of amides is 1. The lowest BCUT2D eigenvalue weighted by Gasteiger charge is -2.25. The van der Waals surface area contributed by atoms with Crippen molar-refractivity contribution in [3.8, 4) is 11.6 Å². The molecular weight excluding hydrogens is 499 g/mol. The van der Waals surface area contributed by atoms with Crippen LogP contribution in [0.25, 0.3) is 0 Å². The fourth-order valence-corrected chi connectivity index (χ4v) is 5.10. The van der Waals surface area contributed by atoms with Gasteiger partial charge in [0.25, 0.3) is 5.91 Å².